The summed E-state index contributed by atoms with van der Waals surface area (Å²) >= 11 is 0. The number of aliphatic carboxylic acids is 1. The largest absolute Gasteiger partial charge is 0.481 e. The van der Waals surface area contributed by atoms with Crippen LogP contribution in [0.1, 0.15) is 78.6 Å². The minimum Gasteiger partial charge on any atom is -0.481 e. The van der Waals surface area contributed by atoms with Crippen molar-refractivity contribution in [2.45, 2.75) is 78.6 Å². The number of allylic oxidation sites excluding steroid dienone is 2. The molecule has 20 heavy (non-hydrogen) atoms. The highest BCUT2D eigenvalue weighted by atomic mass is 16.4. The zero-order chi connectivity index (χ0) is 15.6. The van der Waals surface area contributed by atoms with Crippen molar-refractivity contribution in [3.8, 4) is 0 Å². The van der Waals surface area contributed by atoms with Gasteiger partial charge in [0.25, 0.3) is 5.97 Å². The number of rotatable bonds is 11. The molecule has 0 aliphatic heterocycles. The molecule has 0 rings (SSSR count). The van der Waals surface area contributed by atoms with E-state index in [1.807, 2.05) is 0 Å². The predicted octanol–water partition coefficient (Wildman–Crippen LogP) is 4.79. The molecule has 0 aromatic rings. The third-order valence-corrected chi connectivity index (χ3v) is 3.01. The van der Waals surface area contributed by atoms with E-state index in [4.69, 9.17) is 15.0 Å². The van der Waals surface area contributed by atoms with Crippen LogP contribution >= 0.6 is 0 Å². The molecule has 0 amide bonds. The number of aliphatic hydroxyl groups excluding tert-OH is 1. The third kappa shape index (κ3) is 25.9. The Labute approximate surface area is 125 Å². The van der Waals surface area contributed by atoms with Gasteiger partial charge in [-0.15, -0.1) is 0 Å². The maximum Gasteiger partial charge on any atom is 0.300 e. The van der Waals surface area contributed by atoms with Crippen molar-refractivity contribution in [2.24, 2.45) is 5.92 Å². The number of carbonyl (C=O) groups is 1. The summed E-state index contributed by atoms with van der Waals surface area (Å²) in [6.45, 7) is 6.01. The Hall–Kier alpha value is -0.830. The van der Waals surface area contributed by atoms with Crippen LogP contribution in [0.25, 0.3) is 0 Å². The first-order valence-corrected chi connectivity index (χ1v) is 8.01. The van der Waals surface area contributed by atoms with E-state index in [-0.39, 0.29) is 0 Å². The Bertz CT molecular complexity index is 220. The summed E-state index contributed by atoms with van der Waals surface area (Å²) in [4.78, 5) is 9.00. The van der Waals surface area contributed by atoms with Crippen LogP contribution in [0.15, 0.2) is 12.2 Å². The van der Waals surface area contributed by atoms with Gasteiger partial charge in [-0.2, -0.15) is 0 Å². The molecule has 2 N–H and O–H groups in total. The lowest BCUT2D eigenvalue weighted by molar-refractivity contribution is -0.134. The molecular formula is C17H34O3. The Morgan fingerprint density at radius 2 is 1.65 bits per heavy atom. The molecule has 1 atom stereocenters. The molecule has 0 aromatic carbocycles. The quantitative estimate of drug-likeness (QED) is 0.424. The molecule has 0 bridgehead atoms. The van der Waals surface area contributed by atoms with Crippen molar-refractivity contribution in [3.63, 3.8) is 0 Å². The number of unbranched alkanes of at least 4 members (excludes halogenated alkanes) is 6. The van der Waals surface area contributed by atoms with Gasteiger partial charge in [-0.3, -0.25) is 4.79 Å². The van der Waals surface area contributed by atoms with Crippen LogP contribution in [-0.2, 0) is 4.79 Å². The lowest BCUT2D eigenvalue weighted by atomic mass is 10.0. The minimum absolute atomic E-state index is 0.356. The van der Waals surface area contributed by atoms with Crippen molar-refractivity contribution >= 4 is 5.97 Å². The molecule has 0 aliphatic rings. The van der Waals surface area contributed by atoms with E-state index >= 15 is 0 Å². The van der Waals surface area contributed by atoms with Crippen LogP contribution in [-0.4, -0.2) is 22.8 Å². The molecule has 0 aliphatic carbocycles. The van der Waals surface area contributed by atoms with Gasteiger partial charge in [-0.25, -0.2) is 0 Å². The monoisotopic (exact) mass is 286 g/mol. The molecule has 1 unspecified atom stereocenters. The van der Waals surface area contributed by atoms with Gasteiger partial charge in [0.15, 0.2) is 0 Å². The first-order chi connectivity index (χ1) is 9.54. The molecule has 0 spiro atoms. The molecule has 3 nitrogen and oxygen atoms in total. The van der Waals surface area contributed by atoms with Gasteiger partial charge in [0, 0.05) is 13.5 Å². The lowest BCUT2D eigenvalue weighted by Gasteiger charge is -2.03. The molecule has 3 heteroatoms. The molecule has 0 saturated heterocycles. The summed E-state index contributed by atoms with van der Waals surface area (Å²) in [7, 11) is 0. The van der Waals surface area contributed by atoms with Crippen molar-refractivity contribution in [2.75, 3.05) is 6.61 Å². The zero-order valence-corrected chi connectivity index (χ0v) is 13.6. The number of carboxylic acids is 1. The topological polar surface area (TPSA) is 57.5 Å². The fourth-order valence-electron chi connectivity index (χ4n) is 1.86. The van der Waals surface area contributed by atoms with E-state index in [1.54, 1.807) is 0 Å². The fourth-order valence-corrected chi connectivity index (χ4v) is 1.86. The molecule has 120 valence electrons. The summed E-state index contributed by atoms with van der Waals surface area (Å²) in [6.07, 6.45) is 16.0. The smallest absolute Gasteiger partial charge is 0.300 e. The van der Waals surface area contributed by atoms with E-state index < -0.39 is 5.97 Å². The second-order valence-corrected chi connectivity index (χ2v) is 5.35. The minimum atomic E-state index is -0.833. The average molecular weight is 286 g/mol. The highest BCUT2D eigenvalue weighted by molar-refractivity contribution is 5.62. The van der Waals surface area contributed by atoms with Crippen LogP contribution in [0.2, 0.25) is 0 Å². The van der Waals surface area contributed by atoms with Crippen molar-refractivity contribution < 1.29 is 15.0 Å². The first kappa shape index (κ1) is 21.5. The lowest BCUT2D eigenvalue weighted by Crippen LogP contribution is -1.88. The van der Waals surface area contributed by atoms with Gasteiger partial charge < -0.3 is 10.2 Å². The van der Waals surface area contributed by atoms with Crippen LogP contribution in [0.4, 0.5) is 0 Å². The molecule has 0 saturated carbocycles. The Balaban J connectivity index is 0. The maximum atomic E-state index is 9.00. The molecule has 0 fully saturated rings. The van der Waals surface area contributed by atoms with E-state index in [0.29, 0.717) is 6.61 Å². The number of carboxylic acid groups (broad SMARTS) is 1. The Morgan fingerprint density at radius 1 is 1.10 bits per heavy atom. The standard InChI is InChI=1S/C15H30O.C2H4O2/c1-3-4-12-15(2)13-10-8-6-5-7-9-11-14-16;1-2(3)4/h10,13,15-16H,3-9,11-12,14H2,1-2H3;1H3,(H,3,4). The highest BCUT2D eigenvalue weighted by Gasteiger charge is 1.94. The summed E-state index contributed by atoms with van der Waals surface area (Å²) in [6, 6.07) is 0. The van der Waals surface area contributed by atoms with E-state index in [2.05, 4.69) is 26.0 Å². The van der Waals surface area contributed by atoms with E-state index in [9.17, 15) is 0 Å². The zero-order valence-electron chi connectivity index (χ0n) is 13.6. The van der Waals surface area contributed by atoms with Crippen LogP contribution in [0.5, 0.6) is 0 Å². The summed E-state index contributed by atoms with van der Waals surface area (Å²) in [5.74, 6) is -0.0747. The number of hydrogen-bond acceptors (Lipinski definition) is 2. The second-order valence-electron chi connectivity index (χ2n) is 5.35. The van der Waals surface area contributed by atoms with Gasteiger partial charge in [0.2, 0.25) is 0 Å². The van der Waals surface area contributed by atoms with Crippen LogP contribution < -0.4 is 0 Å². The molecule has 0 aromatic heterocycles. The first-order valence-electron chi connectivity index (χ1n) is 8.01. The van der Waals surface area contributed by atoms with E-state index in [1.165, 1.54) is 51.4 Å². The van der Waals surface area contributed by atoms with Crippen LogP contribution in [0.3, 0.4) is 0 Å². The Morgan fingerprint density at radius 3 is 2.20 bits per heavy atom. The Kier molecular flexibility index (Phi) is 19.5. The van der Waals surface area contributed by atoms with Gasteiger partial charge in [-0.1, -0.05) is 58.1 Å². The summed E-state index contributed by atoms with van der Waals surface area (Å²) in [5.41, 5.74) is 0. The summed E-state index contributed by atoms with van der Waals surface area (Å²) < 4.78 is 0. The molecular weight excluding hydrogens is 252 g/mol. The van der Waals surface area contributed by atoms with Crippen LogP contribution in [0, 0.1) is 5.92 Å². The summed E-state index contributed by atoms with van der Waals surface area (Å²) in [5, 5.41) is 16.0. The maximum absolute atomic E-state index is 9.00. The predicted molar refractivity (Wildman–Crippen MR) is 85.9 cm³/mol. The average Bonchev–Trinajstić information content (AvgIpc) is 2.39. The second kappa shape index (κ2) is 18.2. The van der Waals surface area contributed by atoms with Gasteiger partial charge >= 0.3 is 0 Å². The van der Waals surface area contributed by atoms with Gasteiger partial charge in [0.05, 0.1) is 0 Å². The van der Waals surface area contributed by atoms with Gasteiger partial charge in [-0.05, 0) is 31.6 Å². The number of aliphatic hydroxyl groups is 1. The molecule has 0 heterocycles. The number of hydrogen-bond donors (Lipinski definition) is 2. The third-order valence-electron chi connectivity index (χ3n) is 3.01. The van der Waals surface area contributed by atoms with Gasteiger partial charge in [0.1, 0.15) is 0 Å². The SMILES string of the molecule is CC(=O)O.CCCCC(C)C=CCCCCCCCO. The highest BCUT2D eigenvalue weighted by Crippen LogP contribution is 2.11. The van der Waals surface area contributed by atoms with Crippen molar-refractivity contribution in [1.29, 1.82) is 0 Å². The fraction of sp³-hybridized carbons (Fsp3) is 0.824. The van der Waals surface area contributed by atoms with Crippen molar-refractivity contribution in [1.82, 2.24) is 0 Å². The van der Waals surface area contributed by atoms with Crippen molar-refractivity contribution in [3.05, 3.63) is 12.2 Å². The normalized spacial score (nSPS) is 12.0. The molecule has 0 radical (unpaired) electrons. The van der Waals surface area contributed by atoms with E-state index in [0.717, 1.165) is 19.3 Å².